The summed E-state index contributed by atoms with van der Waals surface area (Å²) in [7, 11) is 3.21. The van der Waals surface area contributed by atoms with Crippen LogP contribution < -0.4 is 15.2 Å². The molecule has 0 bridgehead atoms. The lowest BCUT2D eigenvalue weighted by Gasteiger charge is -2.15. The number of hydrogen-bond acceptors (Lipinski definition) is 3. The number of halogens is 1. The van der Waals surface area contributed by atoms with E-state index in [0.717, 1.165) is 11.1 Å². The Labute approximate surface area is 117 Å². The van der Waals surface area contributed by atoms with Gasteiger partial charge in [0, 0.05) is 5.02 Å². The number of hydrogen-bond donors (Lipinski definition) is 1. The fourth-order valence-electron chi connectivity index (χ4n) is 1.94. The van der Waals surface area contributed by atoms with Gasteiger partial charge in [0.1, 0.15) is 0 Å². The van der Waals surface area contributed by atoms with Crippen LogP contribution in [0.15, 0.2) is 42.5 Å². The molecule has 0 saturated heterocycles. The average molecular weight is 278 g/mol. The number of nitrogens with two attached hydrogens (primary N) is 1. The van der Waals surface area contributed by atoms with Gasteiger partial charge in [0.2, 0.25) is 0 Å². The topological polar surface area (TPSA) is 44.5 Å². The largest absolute Gasteiger partial charge is 0.493 e. The number of ether oxygens (including phenoxy) is 2. The minimum Gasteiger partial charge on any atom is -0.493 e. The van der Waals surface area contributed by atoms with Crippen LogP contribution in [0, 0.1) is 0 Å². The highest BCUT2D eigenvalue weighted by Gasteiger charge is 2.12. The molecule has 0 heterocycles. The summed E-state index contributed by atoms with van der Waals surface area (Å²) >= 11 is 5.98. The maximum atomic E-state index is 6.25. The summed E-state index contributed by atoms with van der Waals surface area (Å²) in [5, 5.41) is 0.674. The van der Waals surface area contributed by atoms with Crippen LogP contribution in [0.25, 0.3) is 0 Å². The van der Waals surface area contributed by atoms with Gasteiger partial charge < -0.3 is 15.2 Å². The smallest absolute Gasteiger partial charge is 0.161 e. The Kier molecular flexibility index (Phi) is 4.30. The minimum atomic E-state index is -0.251. The molecule has 0 aliphatic rings. The molecule has 0 spiro atoms. The number of rotatable bonds is 4. The van der Waals surface area contributed by atoms with Crippen LogP contribution >= 0.6 is 11.6 Å². The lowest BCUT2D eigenvalue weighted by molar-refractivity contribution is 0.354. The lowest BCUT2D eigenvalue weighted by atomic mass is 9.99. The molecule has 100 valence electrons. The molecule has 0 radical (unpaired) electrons. The van der Waals surface area contributed by atoms with Gasteiger partial charge in [-0.1, -0.05) is 29.8 Å². The van der Waals surface area contributed by atoms with Gasteiger partial charge in [-0.25, -0.2) is 0 Å². The maximum absolute atomic E-state index is 6.25. The molecule has 2 aromatic rings. The quantitative estimate of drug-likeness (QED) is 0.931. The van der Waals surface area contributed by atoms with Crippen LogP contribution in [0.2, 0.25) is 5.02 Å². The van der Waals surface area contributed by atoms with E-state index in [1.807, 2.05) is 42.5 Å². The molecule has 1 atom stereocenters. The molecule has 1 unspecified atom stereocenters. The summed E-state index contributed by atoms with van der Waals surface area (Å²) in [6, 6.07) is 12.9. The molecule has 0 saturated carbocycles. The van der Waals surface area contributed by atoms with E-state index >= 15 is 0 Å². The average Bonchev–Trinajstić information content (AvgIpc) is 2.45. The van der Waals surface area contributed by atoms with Crippen LogP contribution in [-0.4, -0.2) is 14.2 Å². The molecular weight excluding hydrogens is 262 g/mol. The third-order valence-electron chi connectivity index (χ3n) is 2.97. The molecule has 0 fully saturated rings. The molecule has 0 amide bonds. The van der Waals surface area contributed by atoms with E-state index in [4.69, 9.17) is 26.8 Å². The highest BCUT2D eigenvalue weighted by atomic mass is 35.5. The third kappa shape index (κ3) is 3.00. The molecule has 0 aliphatic carbocycles. The van der Waals surface area contributed by atoms with Crippen molar-refractivity contribution in [2.75, 3.05) is 14.2 Å². The fourth-order valence-corrected chi connectivity index (χ4v) is 2.14. The van der Waals surface area contributed by atoms with Crippen molar-refractivity contribution in [1.82, 2.24) is 0 Å². The number of methoxy groups -OCH3 is 2. The van der Waals surface area contributed by atoms with Gasteiger partial charge in [-0.3, -0.25) is 0 Å². The van der Waals surface area contributed by atoms with Crippen molar-refractivity contribution in [3.8, 4) is 11.5 Å². The first-order chi connectivity index (χ1) is 9.15. The van der Waals surface area contributed by atoms with Gasteiger partial charge in [-0.15, -0.1) is 0 Å². The molecule has 19 heavy (non-hydrogen) atoms. The van der Waals surface area contributed by atoms with Crippen LogP contribution in [0.4, 0.5) is 0 Å². The van der Waals surface area contributed by atoms with Crippen molar-refractivity contribution >= 4 is 11.6 Å². The molecule has 3 nitrogen and oxygen atoms in total. The first-order valence-corrected chi connectivity index (χ1v) is 6.26. The van der Waals surface area contributed by atoms with Crippen molar-refractivity contribution in [1.29, 1.82) is 0 Å². The van der Waals surface area contributed by atoms with E-state index in [1.165, 1.54) is 0 Å². The predicted octanol–water partition coefficient (Wildman–Crippen LogP) is 3.41. The SMILES string of the molecule is COc1ccc(C(N)c2cccc(Cl)c2)cc1OC. The Morgan fingerprint density at radius 3 is 2.26 bits per heavy atom. The summed E-state index contributed by atoms with van der Waals surface area (Å²) in [5.41, 5.74) is 8.15. The van der Waals surface area contributed by atoms with Crippen molar-refractivity contribution in [3.05, 3.63) is 58.6 Å². The standard InChI is InChI=1S/C15H16ClNO2/c1-18-13-7-6-11(9-14(13)19-2)15(17)10-4-3-5-12(16)8-10/h3-9,15H,17H2,1-2H3. The first-order valence-electron chi connectivity index (χ1n) is 5.88. The second-order valence-electron chi connectivity index (χ2n) is 4.15. The van der Waals surface area contributed by atoms with Crippen LogP contribution in [-0.2, 0) is 0 Å². The van der Waals surface area contributed by atoms with E-state index < -0.39 is 0 Å². The third-order valence-corrected chi connectivity index (χ3v) is 3.21. The predicted molar refractivity (Wildman–Crippen MR) is 77.0 cm³/mol. The number of benzene rings is 2. The van der Waals surface area contributed by atoms with Gasteiger partial charge in [0.15, 0.2) is 11.5 Å². The zero-order chi connectivity index (χ0) is 13.8. The molecule has 0 aliphatic heterocycles. The van der Waals surface area contributed by atoms with Crippen molar-refractivity contribution < 1.29 is 9.47 Å². The van der Waals surface area contributed by atoms with Gasteiger partial charge in [-0.05, 0) is 35.4 Å². The van der Waals surface area contributed by atoms with Gasteiger partial charge in [0.05, 0.1) is 20.3 Å². The highest BCUT2D eigenvalue weighted by Crippen LogP contribution is 2.31. The second-order valence-corrected chi connectivity index (χ2v) is 4.58. The second kappa shape index (κ2) is 5.95. The van der Waals surface area contributed by atoms with Gasteiger partial charge >= 0.3 is 0 Å². The summed E-state index contributed by atoms with van der Waals surface area (Å²) in [6.45, 7) is 0. The fraction of sp³-hybridized carbons (Fsp3) is 0.200. The minimum absolute atomic E-state index is 0.251. The summed E-state index contributed by atoms with van der Waals surface area (Å²) in [5.74, 6) is 1.35. The molecular formula is C15H16ClNO2. The summed E-state index contributed by atoms with van der Waals surface area (Å²) in [4.78, 5) is 0. The van der Waals surface area contributed by atoms with Crippen LogP contribution in [0.3, 0.4) is 0 Å². The first kappa shape index (κ1) is 13.7. The Morgan fingerprint density at radius 2 is 1.63 bits per heavy atom. The van der Waals surface area contributed by atoms with Crippen LogP contribution in [0.1, 0.15) is 17.2 Å². The van der Waals surface area contributed by atoms with E-state index in [2.05, 4.69) is 0 Å². The zero-order valence-corrected chi connectivity index (χ0v) is 11.6. The van der Waals surface area contributed by atoms with E-state index in [-0.39, 0.29) is 6.04 Å². The van der Waals surface area contributed by atoms with E-state index in [9.17, 15) is 0 Å². The summed E-state index contributed by atoms with van der Waals surface area (Å²) < 4.78 is 10.5. The van der Waals surface area contributed by atoms with Gasteiger partial charge in [-0.2, -0.15) is 0 Å². The Balaban J connectivity index is 2.36. The molecule has 4 heteroatoms. The van der Waals surface area contributed by atoms with Gasteiger partial charge in [0.25, 0.3) is 0 Å². The Morgan fingerprint density at radius 1 is 0.947 bits per heavy atom. The van der Waals surface area contributed by atoms with Crippen molar-refractivity contribution in [2.24, 2.45) is 5.73 Å². The summed E-state index contributed by atoms with van der Waals surface area (Å²) in [6.07, 6.45) is 0. The Bertz CT molecular complexity index is 572. The molecule has 0 aromatic heterocycles. The van der Waals surface area contributed by atoms with E-state index in [0.29, 0.717) is 16.5 Å². The highest BCUT2D eigenvalue weighted by molar-refractivity contribution is 6.30. The molecule has 2 aromatic carbocycles. The zero-order valence-electron chi connectivity index (χ0n) is 10.9. The normalized spacial score (nSPS) is 12.0. The molecule has 2 N–H and O–H groups in total. The molecule has 2 rings (SSSR count). The van der Waals surface area contributed by atoms with Crippen molar-refractivity contribution in [3.63, 3.8) is 0 Å². The maximum Gasteiger partial charge on any atom is 0.161 e. The van der Waals surface area contributed by atoms with Crippen molar-refractivity contribution in [2.45, 2.75) is 6.04 Å². The van der Waals surface area contributed by atoms with E-state index in [1.54, 1.807) is 14.2 Å². The Hall–Kier alpha value is -1.71. The van der Waals surface area contributed by atoms with Crippen LogP contribution in [0.5, 0.6) is 11.5 Å². The lowest BCUT2D eigenvalue weighted by Crippen LogP contribution is -2.12. The monoisotopic (exact) mass is 277 g/mol.